The summed E-state index contributed by atoms with van der Waals surface area (Å²) in [5.41, 5.74) is 2.83. The summed E-state index contributed by atoms with van der Waals surface area (Å²) in [6.07, 6.45) is 4.83. The molecule has 1 saturated carbocycles. The number of benzene rings is 2. The minimum absolute atomic E-state index is 0.0180. The van der Waals surface area contributed by atoms with Gasteiger partial charge in [0.25, 0.3) is 5.91 Å². The fourth-order valence-electron chi connectivity index (χ4n) is 4.14. The van der Waals surface area contributed by atoms with Crippen molar-refractivity contribution in [3.8, 4) is 0 Å². The third kappa shape index (κ3) is 2.61. The van der Waals surface area contributed by atoms with E-state index in [2.05, 4.69) is 45.6 Å². The van der Waals surface area contributed by atoms with Crippen LogP contribution in [0.3, 0.4) is 0 Å². The molecule has 0 atom stereocenters. The minimum Gasteiger partial charge on any atom is -0.333 e. The summed E-state index contributed by atoms with van der Waals surface area (Å²) in [6.45, 7) is 0. The third-order valence-corrected chi connectivity index (χ3v) is 6.24. The van der Waals surface area contributed by atoms with Gasteiger partial charge in [0.15, 0.2) is 0 Å². The lowest BCUT2D eigenvalue weighted by Gasteiger charge is -2.17. The van der Waals surface area contributed by atoms with E-state index in [0.717, 1.165) is 29.6 Å². The number of nitrogens with zero attached hydrogens (tertiary/aromatic N) is 1. The van der Waals surface area contributed by atoms with Crippen LogP contribution in [0, 0.1) is 0 Å². The SMILES string of the molecule is O=C(Nc1ccc2ccccc2c1)c1cc2sccc2n1C1CCCC1. The van der Waals surface area contributed by atoms with Crippen molar-refractivity contribution in [2.24, 2.45) is 0 Å². The first-order valence-corrected chi connectivity index (χ1v) is 10.1. The lowest BCUT2D eigenvalue weighted by atomic mass is 10.1. The van der Waals surface area contributed by atoms with Gasteiger partial charge in [0.05, 0.1) is 10.2 Å². The first kappa shape index (κ1) is 15.6. The second-order valence-electron chi connectivity index (χ2n) is 7.02. The zero-order chi connectivity index (χ0) is 17.5. The smallest absolute Gasteiger partial charge is 0.272 e. The molecule has 4 aromatic rings. The summed E-state index contributed by atoms with van der Waals surface area (Å²) >= 11 is 1.71. The zero-order valence-electron chi connectivity index (χ0n) is 14.4. The van der Waals surface area contributed by atoms with Crippen molar-refractivity contribution in [1.29, 1.82) is 0 Å². The molecular formula is C22H20N2OS. The summed E-state index contributed by atoms with van der Waals surface area (Å²) in [6, 6.07) is 18.9. The summed E-state index contributed by atoms with van der Waals surface area (Å²) in [5.74, 6) is -0.0180. The number of fused-ring (bicyclic) bond motifs is 2. The number of amides is 1. The molecule has 2 aromatic carbocycles. The highest BCUT2D eigenvalue weighted by Crippen LogP contribution is 2.36. The molecule has 0 radical (unpaired) electrons. The van der Waals surface area contributed by atoms with Crippen molar-refractivity contribution in [3.05, 3.63) is 65.7 Å². The van der Waals surface area contributed by atoms with Gasteiger partial charge < -0.3 is 9.88 Å². The molecule has 0 bridgehead atoms. The van der Waals surface area contributed by atoms with Gasteiger partial charge >= 0.3 is 0 Å². The first-order chi connectivity index (χ1) is 12.8. The maximum Gasteiger partial charge on any atom is 0.272 e. The van der Waals surface area contributed by atoms with Gasteiger partial charge in [-0.3, -0.25) is 4.79 Å². The number of hydrogen-bond acceptors (Lipinski definition) is 2. The second-order valence-corrected chi connectivity index (χ2v) is 7.97. The molecular weight excluding hydrogens is 340 g/mol. The Morgan fingerprint density at radius 2 is 1.81 bits per heavy atom. The number of rotatable bonds is 3. The number of hydrogen-bond donors (Lipinski definition) is 1. The Kier molecular flexibility index (Phi) is 3.79. The van der Waals surface area contributed by atoms with Crippen LogP contribution in [0.15, 0.2) is 60.0 Å². The van der Waals surface area contributed by atoms with Crippen molar-refractivity contribution in [2.75, 3.05) is 5.32 Å². The number of anilines is 1. The Labute approximate surface area is 156 Å². The summed E-state index contributed by atoms with van der Waals surface area (Å²) < 4.78 is 3.47. The molecule has 1 fully saturated rings. The van der Waals surface area contributed by atoms with E-state index in [-0.39, 0.29) is 5.91 Å². The van der Waals surface area contributed by atoms with Crippen molar-refractivity contribution in [1.82, 2.24) is 4.57 Å². The van der Waals surface area contributed by atoms with Crippen LogP contribution in [0.4, 0.5) is 5.69 Å². The van der Waals surface area contributed by atoms with Gasteiger partial charge in [-0.15, -0.1) is 11.3 Å². The van der Waals surface area contributed by atoms with E-state index in [1.165, 1.54) is 28.4 Å². The summed E-state index contributed by atoms with van der Waals surface area (Å²) in [4.78, 5) is 13.1. The molecule has 0 spiro atoms. The predicted octanol–water partition coefficient (Wildman–Crippen LogP) is 6.22. The van der Waals surface area contributed by atoms with E-state index >= 15 is 0 Å². The maximum atomic E-state index is 13.1. The van der Waals surface area contributed by atoms with Crippen molar-refractivity contribution < 1.29 is 4.79 Å². The van der Waals surface area contributed by atoms with Gasteiger partial charge in [0.1, 0.15) is 5.69 Å². The molecule has 2 heterocycles. The van der Waals surface area contributed by atoms with E-state index in [0.29, 0.717) is 6.04 Å². The van der Waals surface area contributed by atoms with E-state index in [9.17, 15) is 4.79 Å². The first-order valence-electron chi connectivity index (χ1n) is 9.18. The Balaban J connectivity index is 1.51. The Bertz CT molecular complexity index is 1100. The van der Waals surface area contributed by atoms with Crippen LogP contribution in [-0.2, 0) is 0 Å². The number of nitrogens with one attached hydrogen (secondary N) is 1. The minimum atomic E-state index is -0.0180. The molecule has 0 aliphatic heterocycles. The van der Waals surface area contributed by atoms with Gasteiger partial charge in [-0.05, 0) is 53.3 Å². The van der Waals surface area contributed by atoms with Crippen molar-refractivity contribution >= 4 is 43.9 Å². The number of aromatic nitrogens is 1. The van der Waals surface area contributed by atoms with Crippen LogP contribution in [0.1, 0.15) is 42.2 Å². The zero-order valence-corrected chi connectivity index (χ0v) is 15.3. The molecule has 1 amide bonds. The van der Waals surface area contributed by atoms with Gasteiger partial charge in [-0.25, -0.2) is 0 Å². The molecule has 4 heteroatoms. The highest BCUT2D eigenvalue weighted by atomic mass is 32.1. The maximum absolute atomic E-state index is 13.1. The number of carbonyl (C=O) groups excluding carboxylic acids is 1. The third-order valence-electron chi connectivity index (χ3n) is 5.39. The number of thiophene rings is 1. The number of carbonyl (C=O) groups is 1. The quantitative estimate of drug-likeness (QED) is 0.462. The topological polar surface area (TPSA) is 34.0 Å². The van der Waals surface area contributed by atoms with E-state index in [4.69, 9.17) is 0 Å². The molecule has 1 N–H and O–H groups in total. The lowest BCUT2D eigenvalue weighted by Crippen LogP contribution is -2.19. The Hall–Kier alpha value is -2.59. The van der Waals surface area contributed by atoms with Crippen LogP contribution in [0.25, 0.3) is 21.0 Å². The van der Waals surface area contributed by atoms with Crippen LogP contribution >= 0.6 is 11.3 Å². The molecule has 5 rings (SSSR count). The van der Waals surface area contributed by atoms with Crippen LogP contribution in [-0.4, -0.2) is 10.5 Å². The van der Waals surface area contributed by atoms with Crippen LogP contribution in [0.2, 0.25) is 0 Å². The van der Waals surface area contributed by atoms with E-state index in [1.807, 2.05) is 24.3 Å². The molecule has 3 nitrogen and oxygen atoms in total. The molecule has 26 heavy (non-hydrogen) atoms. The molecule has 1 aliphatic rings. The van der Waals surface area contributed by atoms with Gasteiger partial charge in [0.2, 0.25) is 0 Å². The van der Waals surface area contributed by atoms with Crippen LogP contribution in [0.5, 0.6) is 0 Å². The average molecular weight is 360 g/mol. The Morgan fingerprint density at radius 3 is 2.65 bits per heavy atom. The van der Waals surface area contributed by atoms with Crippen molar-refractivity contribution in [3.63, 3.8) is 0 Å². The van der Waals surface area contributed by atoms with E-state index < -0.39 is 0 Å². The lowest BCUT2D eigenvalue weighted by molar-refractivity contribution is 0.101. The van der Waals surface area contributed by atoms with Gasteiger partial charge in [-0.2, -0.15) is 0 Å². The molecule has 0 unspecified atom stereocenters. The summed E-state index contributed by atoms with van der Waals surface area (Å²) in [5, 5.41) is 7.54. The fourth-order valence-corrected chi connectivity index (χ4v) is 4.95. The van der Waals surface area contributed by atoms with Crippen LogP contribution < -0.4 is 5.32 Å². The second kappa shape index (κ2) is 6.29. The van der Waals surface area contributed by atoms with E-state index in [1.54, 1.807) is 11.3 Å². The Morgan fingerprint density at radius 1 is 1.00 bits per heavy atom. The molecule has 2 aromatic heterocycles. The average Bonchev–Trinajstić information content (AvgIpc) is 3.38. The standard InChI is InChI=1S/C22H20N2OS/c25-22(23-17-10-9-15-5-1-2-6-16(15)13-17)20-14-21-19(11-12-26-21)24(20)18-7-3-4-8-18/h1-2,5-6,9-14,18H,3-4,7-8H2,(H,23,25). The largest absolute Gasteiger partial charge is 0.333 e. The highest BCUT2D eigenvalue weighted by molar-refractivity contribution is 7.17. The van der Waals surface area contributed by atoms with Crippen molar-refractivity contribution in [2.45, 2.75) is 31.7 Å². The summed E-state index contributed by atoms with van der Waals surface area (Å²) in [7, 11) is 0. The highest BCUT2D eigenvalue weighted by Gasteiger charge is 2.25. The monoisotopic (exact) mass is 360 g/mol. The van der Waals surface area contributed by atoms with Gasteiger partial charge in [0, 0.05) is 11.7 Å². The van der Waals surface area contributed by atoms with Gasteiger partial charge in [-0.1, -0.05) is 43.2 Å². The normalized spacial score (nSPS) is 15.1. The fraction of sp³-hybridized carbons (Fsp3) is 0.227. The molecule has 0 saturated heterocycles. The predicted molar refractivity (Wildman–Crippen MR) is 109 cm³/mol. The molecule has 130 valence electrons. The molecule has 1 aliphatic carbocycles.